The Balaban J connectivity index is 2.20. The zero-order valence-electron chi connectivity index (χ0n) is 9.27. The summed E-state index contributed by atoms with van der Waals surface area (Å²) in [7, 11) is 0. The number of aromatic nitrogens is 1. The van der Waals surface area contributed by atoms with Gasteiger partial charge in [0.1, 0.15) is 4.88 Å². The Kier molecular flexibility index (Phi) is 3.25. The lowest BCUT2D eigenvalue weighted by molar-refractivity contribution is 0.0700. The van der Waals surface area contributed by atoms with E-state index < -0.39 is 5.97 Å². The van der Waals surface area contributed by atoms with Gasteiger partial charge < -0.3 is 10.8 Å². The SMILES string of the molecule is CCC(N)Cc1nc(C2CC2)c(C(=O)O)s1. The first kappa shape index (κ1) is 11.5. The van der Waals surface area contributed by atoms with Crippen molar-refractivity contribution in [3.8, 4) is 0 Å². The maximum atomic E-state index is 11.1. The van der Waals surface area contributed by atoms with E-state index in [0.29, 0.717) is 17.2 Å². The van der Waals surface area contributed by atoms with Gasteiger partial charge in [-0.3, -0.25) is 0 Å². The van der Waals surface area contributed by atoms with Crippen molar-refractivity contribution in [2.45, 2.75) is 44.6 Å². The van der Waals surface area contributed by atoms with Crippen LogP contribution in [0.25, 0.3) is 0 Å². The van der Waals surface area contributed by atoms with E-state index in [1.165, 1.54) is 11.3 Å². The molecule has 1 fully saturated rings. The molecule has 0 aromatic carbocycles. The maximum Gasteiger partial charge on any atom is 0.347 e. The highest BCUT2D eigenvalue weighted by atomic mass is 32.1. The normalized spacial score (nSPS) is 17.4. The van der Waals surface area contributed by atoms with Crippen LogP contribution in [0.15, 0.2) is 0 Å². The van der Waals surface area contributed by atoms with E-state index in [9.17, 15) is 4.79 Å². The molecule has 1 unspecified atom stereocenters. The highest BCUT2D eigenvalue weighted by Gasteiger charge is 2.32. The largest absolute Gasteiger partial charge is 0.477 e. The summed E-state index contributed by atoms with van der Waals surface area (Å²) in [4.78, 5) is 15.9. The molecule has 1 heterocycles. The predicted octanol–water partition coefficient (Wildman–Crippen LogP) is 2.00. The molecular formula is C11H16N2O2S. The smallest absolute Gasteiger partial charge is 0.347 e. The van der Waals surface area contributed by atoms with Crippen molar-refractivity contribution < 1.29 is 9.90 Å². The van der Waals surface area contributed by atoms with Gasteiger partial charge in [-0.1, -0.05) is 6.92 Å². The highest BCUT2D eigenvalue weighted by Crippen LogP contribution is 2.42. The fourth-order valence-electron chi connectivity index (χ4n) is 1.62. The molecule has 16 heavy (non-hydrogen) atoms. The Labute approximate surface area is 98.5 Å². The van der Waals surface area contributed by atoms with E-state index in [2.05, 4.69) is 4.98 Å². The van der Waals surface area contributed by atoms with Crippen molar-refractivity contribution in [1.29, 1.82) is 0 Å². The van der Waals surface area contributed by atoms with Crippen LogP contribution in [0.3, 0.4) is 0 Å². The number of nitrogens with zero attached hydrogens (tertiary/aromatic N) is 1. The number of carboxylic acid groups (broad SMARTS) is 1. The molecule has 4 nitrogen and oxygen atoms in total. The molecule has 88 valence electrons. The lowest BCUT2D eigenvalue weighted by atomic mass is 10.2. The molecular weight excluding hydrogens is 224 g/mol. The Bertz CT molecular complexity index is 399. The first-order valence-electron chi connectivity index (χ1n) is 5.60. The minimum absolute atomic E-state index is 0.0832. The van der Waals surface area contributed by atoms with Crippen LogP contribution in [0, 0.1) is 0 Å². The number of carbonyl (C=O) groups is 1. The molecule has 1 aromatic rings. The average Bonchev–Trinajstić information content (AvgIpc) is 3.00. The number of thiazole rings is 1. The molecule has 2 rings (SSSR count). The summed E-state index contributed by atoms with van der Waals surface area (Å²) >= 11 is 1.29. The van der Waals surface area contributed by atoms with E-state index in [1.807, 2.05) is 6.92 Å². The molecule has 0 radical (unpaired) electrons. The van der Waals surface area contributed by atoms with Crippen molar-refractivity contribution in [3.63, 3.8) is 0 Å². The van der Waals surface area contributed by atoms with E-state index in [4.69, 9.17) is 10.8 Å². The number of carboxylic acids is 1. The van der Waals surface area contributed by atoms with Gasteiger partial charge in [-0.05, 0) is 19.3 Å². The number of nitrogens with two attached hydrogens (primary N) is 1. The van der Waals surface area contributed by atoms with Crippen LogP contribution in [-0.2, 0) is 6.42 Å². The summed E-state index contributed by atoms with van der Waals surface area (Å²) in [5.41, 5.74) is 6.64. The third-order valence-electron chi connectivity index (χ3n) is 2.82. The Morgan fingerprint density at radius 2 is 2.38 bits per heavy atom. The second-order valence-corrected chi connectivity index (χ2v) is 5.36. The topological polar surface area (TPSA) is 76.2 Å². The number of hydrogen-bond acceptors (Lipinski definition) is 4. The third kappa shape index (κ3) is 2.41. The standard InChI is InChI=1S/C11H16N2O2S/c1-2-7(12)5-8-13-9(6-3-4-6)10(16-8)11(14)15/h6-7H,2-5,12H2,1H3,(H,14,15). The first-order chi connectivity index (χ1) is 7.61. The molecule has 5 heteroatoms. The number of hydrogen-bond donors (Lipinski definition) is 2. The molecule has 0 spiro atoms. The van der Waals surface area contributed by atoms with E-state index in [0.717, 1.165) is 30.0 Å². The van der Waals surface area contributed by atoms with Crippen LogP contribution in [0.5, 0.6) is 0 Å². The molecule has 3 N–H and O–H groups in total. The van der Waals surface area contributed by atoms with Crippen molar-refractivity contribution in [2.75, 3.05) is 0 Å². The van der Waals surface area contributed by atoms with Gasteiger partial charge in [-0.2, -0.15) is 0 Å². The second-order valence-electron chi connectivity index (χ2n) is 4.27. The minimum Gasteiger partial charge on any atom is -0.477 e. The van der Waals surface area contributed by atoms with Gasteiger partial charge >= 0.3 is 5.97 Å². The summed E-state index contributed by atoms with van der Waals surface area (Å²) < 4.78 is 0. The fourth-order valence-corrected chi connectivity index (χ4v) is 2.70. The van der Waals surface area contributed by atoms with Crippen molar-refractivity contribution >= 4 is 17.3 Å². The lowest BCUT2D eigenvalue weighted by Gasteiger charge is -2.04. The van der Waals surface area contributed by atoms with Gasteiger partial charge in [0.2, 0.25) is 0 Å². The molecule has 1 aromatic heterocycles. The van der Waals surface area contributed by atoms with E-state index >= 15 is 0 Å². The average molecular weight is 240 g/mol. The molecule has 1 atom stereocenters. The number of rotatable bonds is 5. The minimum atomic E-state index is -0.851. The van der Waals surface area contributed by atoms with Gasteiger partial charge in [-0.25, -0.2) is 9.78 Å². The van der Waals surface area contributed by atoms with Crippen molar-refractivity contribution in [3.05, 3.63) is 15.6 Å². The van der Waals surface area contributed by atoms with Gasteiger partial charge in [0.15, 0.2) is 0 Å². The second kappa shape index (κ2) is 4.51. The van der Waals surface area contributed by atoms with Gasteiger partial charge in [-0.15, -0.1) is 11.3 Å². The van der Waals surface area contributed by atoms with E-state index in [1.54, 1.807) is 0 Å². The highest BCUT2D eigenvalue weighted by molar-refractivity contribution is 7.13. The van der Waals surface area contributed by atoms with E-state index in [-0.39, 0.29) is 6.04 Å². The summed E-state index contributed by atoms with van der Waals surface area (Å²) in [6.45, 7) is 2.03. The van der Waals surface area contributed by atoms with Gasteiger partial charge in [0, 0.05) is 18.4 Å². The molecule has 0 saturated heterocycles. The molecule has 0 amide bonds. The summed E-state index contributed by atoms with van der Waals surface area (Å²) in [5.74, 6) is -0.468. The van der Waals surface area contributed by atoms with Crippen LogP contribution in [0.4, 0.5) is 0 Å². The summed E-state index contributed by atoms with van der Waals surface area (Å²) in [5, 5.41) is 9.96. The lowest BCUT2D eigenvalue weighted by Crippen LogP contribution is -2.21. The van der Waals surface area contributed by atoms with Crippen LogP contribution in [0.2, 0.25) is 0 Å². The Hall–Kier alpha value is -0.940. The first-order valence-corrected chi connectivity index (χ1v) is 6.42. The van der Waals surface area contributed by atoms with Gasteiger partial charge in [0.25, 0.3) is 0 Å². The van der Waals surface area contributed by atoms with Crippen molar-refractivity contribution in [2.24, 2.45) is 5.73 Å². The zero-order chi connectivity index (χ0) is 11.7. The summed E-state index contributed by atoms with van der Waals surface area (Å²) in [6.07, 6.45) is 3.72. The van der Waals surface area contributed by atoms with Crippen LogP contribution >= 0.6 is 11.3 Å². The molecule has 0 bridgehead atoms. The summed E-state index contributed by atoms with van der Waals surface area (Å²) in [6, 6.07) is 0.0832. The van der Waals surface area contributed by atoms with Crippen molar-refractivity contribution in [1.82, 2.24) is 4.98 Å². The monoisotopic (exact) mass is 240 g/mol. The Morgan fingerprint density at radius 3 is 2.88 bits per heavy atom. The van der Waals surface area contributed by atoms with Crippen LogP contribution < -0.4 is 5.73 Å². The third-order valence-corrected chi connectivity index (χ3v) is 3.90. The number of aromatic carboxylic acids is 1. The molecule has 0 aliphatic heterocycles. The maximum absolute atomic E-state index is 11.1. The zero-order valence-corrected chi connectivity index (χ0v) is 10.1. The predicted molar refractivity (Wildman–Crippen MR) is 63.0 cm³/mol. The molecule has 1 aliphatic carbocycles. The molecule has 1 saturated carbocycles. The quantitative estimate of drug-likeness (QED) is 0.825. The molecule has 1 aliphatic rings. The van der Waals surface area contributed by atoms with Crippen LogP contribution in [0.1, 0.15) is 52.5 Å². The van der Waals surface area contributed by atoms with Gasteiger partial charge in [0.05, 0.1) is 10.7 Å². The fraction of sp³-hybridized carbons (Fsp3) is 0.636. The van der Waals surface area contributed by atoms with Crippen LogP contribution in [-0.4, -0.2) is 22.1 Å². The Morgan fingerprint density at radius 1 is 1.69 bits per heavy atom.